The fourth-order valence-electron chi connectivity index (χ4n) is 1.31. The van der Waals surface area contributed by atoms with Crippen molar-refractivity contribution in [3.05, 3.63) is 0 Å². The maximum atomic E-state index is 11.7. The van der Waals surface area contributed by atoms with Gasteiger partial charge in [0, 0.05) is 19.6 Å². The SMILES string of the molecule is CCN(C)C(=O)C(C)NC(C)C(C)C(=O)O. The zero-order valence-corrected chi connectivity index (χ0v) is 10.7. The molecule has 5 nitrogen and oxygen atoms in total. The van der Waals surface area contributed by atoms with Crippen molar-refractivity contribution in [2.45, 2.75) is 39.8 Å². The number of nitrogens with one attached hydrogen (secondary N) is 1. The monoisotopic (exact) mass is 230 g/mol. The quantitative estimate of drug-likeness (QED) is 0.699. The highest BCUT2D eigenvalue weighted by molar-refractivity contribution is 5.81. The van der Waals surface area contributed by atoms with E-state index in [9.17, 15) is 9.59 Å². The molecule has 0 aromatic heterocycles. The molecule has 0 aromatic rings. The molecule has 0 fully saturated rings. The summed E-state index contributed by atoms with van der Waals surface area (Å²) in [5.74, 6) is -1.39. The lowest BCUT2D eigenvalue weighted by molar-refractivity contribution is -0.142. The van der Waals surface area contributed by atoms with Crippen LogP contribution in [-0.2, 0) is 9.59 Å². The van der Waals surface area contributed by atoms with Crippen LogP contribution in [-0.4, -0.2) is 47.6 Å². The average molecular weight is 230 g/mol. The van der Waals surface area contributed by atoms with Crippen molar-refractivity contribution in [3.63, 3.8) is 0 Å². The summed E-state index contributed by atoms with van der Waals surface area (Å²) >= 11 is 0. The second-order valence-corrected chi connectivity index (χ2v) is 4.16. The third-order valence-corrected chi connectivity index (χ3v) is 2.87. The molecule has 2 N–H and O–H groups in total. The van der Waals surface area contributed by atoms with Crippen LogP contribution in [0.1, 0.15) is 27.7 Å². The van der Waals surface area contributed by atoms with Crippen molar-refractivity contribution in [1.29, 1.82) is 0 Å². The zero-order valence-electron chi connectivity index (χ0n) is 10.7. The molecule has 0 aliphatic carbocycles. The fraction of sp³-hybridized carbons (Fsp3) is 0.818. The van der Waals surface area contributed by atoms with Gasteiger partial charge in [-0.05, 0) is 20.8 Å². The number of amides is 1. The number of aliphatic carboxylic acids is 1. The van der Waals surface area contributed by atoms with E-state index in [0.717, 1.165) is 0 Å². The highest BCUT2D eigenvalue weighted by Crippen LogP contribution is 2.04. The first-order chi connectivity index (χ1) is 7.31. The summed E-state index contributed by atoms with van der Waals surface area (Å²) < 4.78 is 0. The standard InChI is InChI=1S/C11H22N2O3/c1-6-13(5)10(14)9(4)12-8(3)7(2)11(15)16/h7-9,12H,6H2,1-5H3,(H,15,16). The lowest BCUT2D eigenvalue weighted by Crippen LogP contribution is -2.49. The van der Waals surface area contributed by atoms with Crippen molar-refractivity contribution >= 4 is 11.9 Å². The van der Waals surface area contributed by atoms with E-state index in [-0.39, 0.29) is 18.0 Å². The number of nitrogens with zero attached hydrogens (tertiary/aromatic N) is 1. The largest absolute Gasteiger partial charge is 0.481 e. The second-order valence-electron chi connectivity index (χ2n) is 4.16. The van der Waals surface area contributed by atoms with Gasteiger partial charge >= 0.3 is 5.97 Å². The van der Waals surface area contributed by atoms with Gasteiger partial charge in [-0.1, -0.05) is 6.92 Å². The van der Waals surface area contributed by atoms with Gasteiger partial charge in [0.2, 0.25) is 5.91 Å². The topological polar surface area (TPSA) is 69.6 Å². The number of carboxylic acids is 1. The molecule has 16 heavy (non-hydrogen) atoms. The maximum absolute atomic E-state index is 11.7. The highest BCUT2D eigenvalue weighted by atomic mass is 16.4. The normalized spacial score (nSPS) is 16.3. The molecule has 0 rings (SSSR count). The lowest BCUT2D eigenvalue weighted by Gasteiger charge is -2.25. The van der Waals surface area contributed by atoms with Gasteiger partial charge in [0.05, 0.1) is 12.0 Å². The molecule has 0 aliphatic heterocycles. The average Bonchev–Trinajstić information content (AvgIpc) is 2.25. The van der Waals surface area contributed by atoms with Crippen molar-refractivity contribution in [2.24, 2.45) is 5.92 Å². The second kappa shape index (κ2) is 6.48. The lowest BCUT2D eigenvalue weighted by atomic mass is 10.0. The molecular formula is C11H22N2O3. The summed E-state index contributed by atoms with van der Waals surface area (Å²) in [6.07, 6.45) is 0. The van der Waals surface area contributed by atoms with Gasteiger partial charge in [-0.15, -0.1) is 0 Å². The third kappa shape index (κ3) is 4.18. The molecule has 3 atom stereocenters. The summed E-state index contributed by atoms with van der Waals surface area (Å²) in [7, 11) is 1.73. The molecule has 0 spiro atoms. The molecule has 0 aromatic carbocycles. The Bertz CT molecular complexity index is 256. The smallest absolute Gasteiger partial charge is 0.307 e. The molecular weight excluding hydrogens is 208 g/mol. The Balaban J connectivity index is 4.28. The van der Waals surface area contributed by atoms with Crippen LogP contribution in [0.5, 0.6) is 0 Å². The molecule has 3 unspecified atom stereocenters. The van der Waals surface area contributed by atoms with Crippen LogP contribution >= 0.6 is 0 Å². The summed E-state index contributed by atoms with van der Waals surface area (Å²) in [6.45, 7) is 7.69. The van der Waals surface area contributed by atoms with Gasteiger partial charge in [0.1, 0.15) is 0 Å². The predicted octanol–water partition coefficient (Wildman–Crippen LogP) is 0.552. The van der Waals surface area contributed by atoms with Crippen molar-refractivity contribution in [3.8, 4) is 0 Å². The number of carboxylic acid groups (broad SMARTS) is 1. The molecule has 0 aliphatic rings. The molecule has 94 valence electrons. The minimum Gasteiger partial charge on any atom is -0.481 e. The summed E-state index contributed by atoms with van der Waals surface area (Å²) in [5, 5.41) is 11.8. The first-order valence-corrected chi connectivity index (χ1v) is 5.55. The van der Waals surface area contributed by atoms with Crippen molar-refractivity contribution < 1.29 is 14.7 Å². The van der Waals surface area contributed by atoms with Crippen molar-refractivity contribution in [2.75, 3.05) is 13.6 Å². The van der Waals surface area contributed by atoms with Gasteiger partial charge in [-0.3, -0.25) is 9.59 Å². The minimum atomic E-state index is -0.858. The van der Waals surface area contributed by atoms with Crippen LogP contribution in [0.3, 0.4) is 0 Å². The van der Waals surface area contributed by atoms with Gasteiger partial charge in [-0.25, -0.2) is 0 Å². The van der Waals surface area contributed by atoms with E-state index in [2.05, 4.69) is 5.32 Å². The van der Waals surface area contributed by atoms with Gasteiger partial charge in [0.15, 0.2) is 0 Å². The number of likely N-dealkylation sites (N-methyl/N-ethyl adjacent to an activating group) is 1. The Hall–Kier alpha value is -1.10. The number of carbonyl (C=O) groups is 2. The Kier molecular flexibility index (Phi) is 6.03. The van der Waals surface area contributed by atoms with Crippen LogP contribution < -0.4 is 5.32 Å². The van der Waals surface area contributed by atoms with Gasteiger partial charge in [-0.2, -0.15) is 0 Å². The fourth-order valence-corrected chi connectivity index (χ4v) is 1.31. The molecule has 1 amide bonds. The van der Waals surface area contributed by atoms with E-state index in [1.807, 2.05) is 6.92 Å². The van der Waals surface area contributed by atoms with E-state index in [1.54, 1.807) is 32.7 Å². The number of carbonyl (C=O) groups excluding carboxylic acids is 1. The molecule has 0 saturated carbocycles. The number of rotatable bonds is 6. The first-order valence-electron chi connectivity index (χ1n) is 5.55. The number of hydrogen-bond acceptors (Lipinski definition) is 3. The van der Waals surface area contributed by atoms with Crippen LogP contribution in [0.2, 0.25) is 0 Å². The van der Waals surface area contributed by atoms with Crippen LogP contribution in [0.15, 0.2) is 0 Å². The Morgan fingerprint density at radius 1 is 1.31 bits per heavy atom. The van der Waals surface area contributed by atoms with Gasteiger partial charge in [0.25, 0.3) is 0 Å². The van der Waals surface area contributed by atoms with E-state index in [0.29, 0.717) is 6.54 Å². The molecule has 5 heteroatoms. The third-order valence-electron chi connectivity index (χ3n) is 2.87. The number of hydrogen-bond donors (Lipinski definition) is 2. The van der Waals surface area contributed by atoms with Crippen LogP contribution in [0, 0.1) is 5.92 Å². The van der Waals surface area contributed by atoms with Crippen molar-refractivity contribution in [1.82, 2.24) is 10.2 Å². The maximum Gasteiger partial charge on any atom is 0.307 e. The van der Waals surface area contributed by atoms with E-state index in [1.165, 1.54) is 0 Å². The van der Waals surface area contributed by atoms with Crippen LogP contribution in [0.25, 0.3) is 0 Å². The molecule has 0 radical (unpaired) electrons. The minimum absolute atomic E-state index is 0.0214. The van der Waals surface area contributed by atoms with E-state index >= 15 is 0 Å². The van der Waals surface area contributed by atoms with Crippen LogP contribution in [0.4, 0.5) is 0 Å². The van der Waals surface area contributed by atoms with Gasteiger partial charge < -0.3 is 15.3 Å². The molecule has 0 heterocycles. The Morgan fingerprint density at radius 2 is 1.81 bits per heavy atom. The Labute approximate surface area is 96.8 Å². The van der Waals surface area contributed by atoms with E-state index < -0.39 is 11.9 Å². The molecule has 0 bridgehead atoms. The summed E-state index contributed by atoms with van der Waals surface area (Å²) in [5.41, 5.74) is 0. The molecule has 0 saturated heterocycles. The zero-order chi connectivity index (χ0) is 12.9. The first kappa shape index (κ1) is 14.9. The van der Waals surface area contributed by atoms with E-state index in [4.69, 9.17) is 5.11 Å². The highest BCUT2D eigenvalue weighted by Gasteiger charge is 2.24. The summed E-state index contributed by atoms with van der Waals surface area (Å²) in [6, 6.07) is -0.594. The Morgan fingerprint density at radius 3 is 2.19 bits per heavy atom. The summed E-state index contributed by atoms with van der Waals surface area (Å²) in [4.78, 5) is 24.1. The predicted molar refractivity (Wildman–Crippen MR) is 62.2 cm³/mol.